The maximum absolute atomic E-state index is 12.3. The summed E-state index contributed by atoms with van der Waals surface area (Å²) >= 11 is 5.87. The second-order valence-electron chi connectivity index (χ2n) is 6.02. The molecule has 1 amide bonds. The number of hydrogen-bond donors (Lipinski definition) is 2. The second-order valence-corrected chi connectivity index (χ2v) is 6.46. The number of rotatable bonds is 5. The summed E-state index contributed by atoms with van der Waals surface area (Å²) in [5.41, 5.74) is 0.504. The van der Waals surface area contributed by atoms with Gasteiger partial charge in [-0.1, -0.05) is 35.9 Å². The number of H-pyrrole nitrogens is 1. The fourth-order valence-corrected chi connectivity index (χ4v) is 2.95. The minimum Gasteiger partial charge on any atom is -0.350 e. The fourth-order valence-electron chi connectivity index (χ4n) is 2.83. The monoisotopic (exact) mass is 371 g/mol. The lowest BCUT2D eigenvalue weighted by atomic mass is 10.1. The Balaban J connectivity index is 1.72. The van der Waals surface area contributed by atoms with E-state index in [1.807, 2.05) is 19.1 Å². The minimum atomic E-state index is -0.521. The molecule has 2 N–H and O–H groups in total. The molecule has 26 heavy (non-hydrogen) atoms. The van der Waals surface area contributed by atoms with Crippen LogP contribution in [0, 0.1) is 0 Å². The lowest BCUT2D eigenvalue weighted by Crippen LogP contribution is -2.33. The molecule has 3 rings (SSSR count). The molecule has 0 radical (unpaired) electrons. The summed E-state index contributed by atoms with van der Waals surface area (Å²) in [7, 11) is 0. The standard InChI is InChI=1S/C19H18ClN3O3/c1-12(13-6-8-14(20)9-7-13)21-17(24)10-11-23-16-5-3-2-4-15(16)18(25)22-19(23)26/h2-9,12H,10-11H2,1H3,(H,21,24)(H,22,25,26)/t12-/m1/s1. The van der Waals surface area contributed by atoms with Gasteiger partial charge in [0.1, 0.15) is 0 Å². The summed E-state index contributed by atoms with van der Waals surface area (Å²) < 4.78 is 1.41. The number of nitrogens with one attached hydrogen (secondary N) is 2. The van der Waals surface area contributed by atoms with Crippen molar-refractivity contribution in [3.8, 4) is 0 Å². The van der Waals surface area contributed by atoms with Crippen LogP contribution in [-0.4, -0.2) is 15.5 Å². The molecular weight excluding hydrogens is 354 g/mol. The summed E-state index contributed by atoms with van der Waals surface area (Å²) in [5, 5.41) is 3.95. The number of fused-ring (bicyclic) bond motifs is 1. The van der Waals surface area contributed by atoms with Gasteiger partial charge in [-0.05, 0) is 36.8 Å². The molecule has 6 nitrogen and oxygen atoms in total. The molecular formula is C19H18ClN3O3. The largest absolute Gasteiger partial charge is 0.350 e. The first-order chi connectivity index (χ1) is 12.5. The molecule has 0 spiro atoms. The smallest absolute Gasteiger partial charge is 0.328 e. The summed E-state index contributed by atoms with van der Waals surface area (Å²) in [4.78, 5) is 38.5. The highest BCUT2D eigenvalue weighted by atomic mass is 35.5. The van der Waals surface area contributed by atoms with E-state index in [0.717, 1.165) is 5.56 Å². The third-order valence-electron chi connectivity index (χ3n) is 4.22. The molecule has 0 aliphatic heterocycles. The molecule has 2 aromatic carbocycles. The number of hydrogen-bond acceptors (Lipinski definition) is 3. The first-order valence-corrected chi connectivity index (χ1v) is 8.60. The van der Waals surface area contributed by atoms with Crippen LogP contribution in [0.1, 0.15) is 24.9 Å². The van der Waals surface area contributed by atoms with E-state index in [1.165, 1.54) is 4.57 Å². The van der Waals surface area contributed by atoms with Crippen molar-refractivity contribution in [2.24, 2.45) is 0 Å². The van der Waals surface area contributed by atoms with Crippen LogP contribution in [-0.2, 0) is 11.3 Å². The number of aromatic amines is 1. The van der Waals surface area contributed by atoms with Gasteiger partial charge in [0.15, 0.2) is 0 Å². The van der Waals surface area contributed by atoms with Gasteiger partial charge >= 0.3 is 5.69 Å². The predicted octanol–water partition coefficient (Wildman–Crippen LogP) is 2.61. The molecule has 1 aromatic heterocycles. The zero-order valence-corrected chi connectivity index (χ0v) is 14.9. The minimum absolute atomic E-state index is 0.119. The number of aromatic nitrogens is 2. The molecule has 3 aromatic rings. The van der Waals surface area contributed by atoms with Gasteiger partial charge in [-0.2, -0.15) is 0 Å². The number of aryl methyl sites for hydroxylation is 1. The Labute approximate surface area is 154 Å². The van der Waals surface area contributed by atoms with Gasteiger partial charge in [-0.15, -0.1) is 0 Å². The number of carbonyl (C=O) groups excluding carboxylic acids is 1. The Morgan fingerprint density at radius 1 is 1.15 bits per heavy atom. The Hall–Kier alpha value is -2.86. The third-order valence-corrected chi connectivity index (χ3v) is 4.47. The second kappa shape index (κ2) is 7.58. The quantitative estimate of drug-likeness (QED) is 0.723. The van der Waals surface area contributed by atoms with Crippen molar-refractivity contribution in [3.63, 3.8) is 0 Å². The molecule has 0 fully saturated rings. The maximum Gasteiger partial charge on any atom is 0.328 e. The highest BCUT2D eigenvalue weighted by molar-refractivity contribution is 6.30. The van der Waals surface area contributed by atoms with Crippen LogP contribution in [0.4, 0.5) is 0 Å². The van der Waals surface area contributed by atoms with E-state index < -0.39 is 11.2 Å². The first kappa shape index (κ1) is 17.9. The molecule has 0 unspecified atom stereocenters. The van der Waals surface area contributed by atoms with Crippen molar-refractivity contribution >= 4 is 28.4 Å². The summed E-state index contributed by atoms with van der Waals surface area (Å²) in [6.07, 6.45) is 0.119. The van der Waals surface area contributed by atoms with Crippen molar-refractivity contribution in [1.29, 1.82) is 0 Å². The van der Waals surface area contributed by atoms with E-state index in [1.54, 1.807) is 36.4 Å². The van der Waals surface area contributed by atoms with Crippen LogP contribution < -0.4 is 16.6 Å². The summed E-state index contributed by atoms with van der Waals surface area (Å²) in [6.45, 7) is 2.05. The number of amides is 1. The summed E-state index contributed by atoms with van der Waals surface area (Å²) in [5.74, 6) is -0.186. The number of carbonyl (C=O) groups is 1. The predicted molar refractivity (Wildman–Crippen MR) is 101 cm³/mol. The van der Waals surface area contributed by atoms with Crippen molar-refractivity contribution < 1.29 is 4.79 Å². The van der Waals surface area contributed by atoms with E-state index in [0.29, 0.717) is 15.9 Å². The lowest BCUT2D eigenvalue weighted by molar-refractivity contribution is -0.121. The maximum atomic E-state index is 12.3. The normalized spacial score (nSPS) is 12.1. The molecule has 7 heteroatoms. The van der Waals surface area contributed by atoms with E-state index in [4.69, 9.17) is 11.6 Å². The number of para-hydroxylation sites is 1. The fraction of sp³-hybridized carbons (Fsp3) is 0.211. The lowest BCUT2D eigenvalue weighted by Gasteiger charge is -2.15. The van der Waals surface area contributed by atoms with E-state index in [-0.39, 0.29) is 24.9 Å². The first-order valence-electron chi connectivity index (χ1n) is 8.22. The van der Waals surface area contributed by atoms with Crippen molar-refractivity contribution in [3.05, 3.63) is 80.0 Å². The van der Waals surface area contributed by atoms with Crippen LogP contribution in [0.5, 0.6) is 0 Å². The average molecular weight is 372 g/mol. The van der Waals surface area contributed by atoms with Crippen LogP contribution >= 0.6 is 11.6 Å². The Morgan fingerprint density at radius 2 is 1.85 bits per heavy atom. The third kappa shape index (κ3) is 3.86. The molecule has 0 aliphatic rings. The molecule has 0 bridgehead atoms. The topological polar surface area (TPSA) is 84.0 Å². The van der Waals surface area contributed by atoms with Gasteiger partial charge in [0.25, 0.3) is 5.56 Å². The zero-order chi connectivity index (χ0) is 18.7. The van der Waals surface area contributed by atoms with Crippen molar-refractivity contribution in [1.82, 2.24) is 14.9 Å². The van der Waals surface area contributed by atoms with Gasteiger partial charge in [0, 0.05) is 18.0 Å². The van der Waals surface area contributed by atoms with Crippen LogP contribution in [0.25, 0.3) is 10.9 Å². The van der Waals surface area contributed by atoms with E-state index >= 15 is 0 Å². The number of halogens is 1. The molecule has 0 saturated carbocycles. The number of nitrogens with zero attached hydrogens (tertiary/aromatic N) is 1. The Kier molecular flexibility index (Phi) is 5.23. The Morgan fingerprint density at radius 3 is 2.58 bits per heavy atom. The van der Waals surface area contributed by atoms with Crippen molar-refractivity contribution in [2.75, 3.05) is 0 Å². The van der Waals surface area contributed by atoms with Crippen LogP contribution in [0.2, 0.25) is 5.02 Å². The molecule has 1 atom stereocenters. The highest BCUT2D eigenvalue weighted by Crippen LogP contribution is 2.16. The average Bonchev–Trinajstić information content (AvgIpc) is 2.62. The van der Waals surface area contributed by atoms with Gasteiger partial charge in [-0.25, -0.2) is 4.79 Å². The van der Waals surface area contributed by atoms with Crippen LogP contribution in [0.15, 0.2) is 58.1 Å². The van der Waals surface area contributed by atoms with Crippen molar-refractivity contribution in [2.45, 2.75) is 25.9 Å². The van der Waals surface area contributed by atoms with Gasteiger partial charge in [0.2, 0.25) is 5.91 Å². The Bertz CT molecular complexity index is 1050. The molecule has 0 saturated heterocycles. The summed E-state index contributed by atoms with van der Waals surface area (Å²) in [6, 6.07) is 13.9. The molecule has 1 heterocycles. The van der Waals surface area contributed by atoms with Gasteiger partial charge in [-0.3, -0.25) is 19.1 Å². The highest BCUT2D eigenvalue weighted by Gasteiger charge is 2.12. The number of benzene rings is 2. The van der Waals surface area contributed by atoms with Crippen LogP contribution in [0.3, 0.4) is 0 Å². The molecule has 134 valence electrons. The molecule has 0 aliphatic carbocycles. The zero-order valence-electron chi connectivity index (χ0n) is 14.2. The van der Waals surface area contributed by atoms with E-state index in [2.05, 4.69) is 10.3 Å². The van der Waals surface area contributed by atoms with Gasteiger partial charge in [0.05, 0.1) is 16.9 Å². The van der Waals surface area contributed by atoms with Gasteiger partial charge < -0.3 is 5.32 Å². The van der Waals surface area contributed by atoms with E-state index in [9.17, 15) is 14.4 Å². The SMILES string of the molecule is C[C@@H](NC(=O)CCn1c(=O)[nH]c(=O)c2ccccc21)c1ccc(Cl)cc1.